The summed E-state index contributed by atoms with van der Waals surface area (Å²) in [5.74, 6) is -0.157. The molecule has 1 aromatic heterocycles. The Morgan fingerprint density at radius 1 is 1.28 bits per heavy atom. The van der Waals surface area contributed by atoms with Gasteiger partial charge >= 0.3 is 0 Å². The summed E-state index contributed by atoms with van der Waals surface area (Å²) in [5.41, 5.74) is 6.80. The van der Waals surface area contributed by atoms with Crippen molar-refractivity contribution in [1.29, 1.82) is 0 Å². The topological polar surface area (TPSA) is 48.1 Å². The molecule has 0 aliphatic carbocycles. The highest BCUT2D eigenvalue weighted by molar-refractivity contribution is 7.80. The molecule has 0 fully saturated rings. The molecule has 5 heteroatoms. The first-order chi connectivity index (χ1) is 8.58. The summed E-state index contributed by atoms with van der Waals surface area (Å²) in [6.45, 7) is 1.80. The van der Waals surface area contributed by atoms with Gasteiger partial charge in [0.1, 0.15) is 4.99 Å². The molecule has 0 atom stereocenters. The van der Waals surface area contributed by atoms with Gasteiger partial charge in [0.05, 0.1) is 5.56 Å². The Kier molecular flexibility index (Phi) is 3.53. The first-order valence-electron chi connectivity index (χ1n) is 5.28. The number of aromatic nitrogens is 1. The van der Waals surface area contributed by atoms with Gasteiger partial charge in [-0.15, -0.1) is 0 Å². The summed E-state index contributed by atoms with van der Waals surface area (Å²) in [4.78, 5) is 4.34. The summed E-state index contributed by atoms with van der Waals surface area (Å²) < 4.78 is 18.9. The second kappa shape index (κ2) is 5.10. The van der Waals surface area contributed by atoms with Gasteiger partial charge in [0, 0.05) is 5.69 Å². The quantitative estimate of drug-likeness (QED) is 0.864. The fourth-order valence-corrected chi connectivity index (χ4v) is 1.59. The SMILES string of the molecule is Cc1ccc(C(N)=S)c(Oc2ccccc2F)n1. The number of hydrogen-bond donors (Lipinski definition) is 1. The van der Waals surface area contributed by atoms with Gasteiger partial charge in [-0.3, -0.25) is 0 Å². The van der Waals surface area contributed by atoms with E-state index in [1.165, 1.54) is 12.1 Å². The first-order valence-corrected chi connectivity index (χ1v) is 5.68. The zero-order valence-corrected chi connectivity index (χ0v) is 10.5. The average Bonchev–Trinajstić information content (AvgIpc) is 2.32. The molecule has 0 radical (unpaired) electrons. The van der Waals surface area contributed by atoms with Crippen molar-refractivity contribution in [2.24, 2.45) is 5.73 Å². The Balaban J connectivity index is 2.42. The minimum Gasteiger partial charge on any atom is -0.435 e. The number of thiocarbonyl (C=S) groups is 1. The molecule has 0 saturated carbocycles. The van der Waals surface area contributed by atoms with Crippen LogP contribution in [0.1, 0.15) is 11.3 Å². The molecule has 0 saturated heterocycles. The molecule has 2 rings (SSSR count). The third kappa shape index (κ3) is 2.62. The van der Waals surface area contributed by atoms with Crippen LogP contribution in [0, 0.1) is 12.7 Å². The maximum atomic E-state index is 13.5. The van der Waals surface area contributed by atoms with E-state index in [2.05, 4.69) is 4.98 Å². The van der Waals surface area contributed by atoms with Crippen molar-refractivity contribution < 1.29 is 9.13 Å². The van der Waals surface area contributed by atoms with E-state index in [9.17, 15) is 4.39 Å². The maximum Gasteiger partial charge on any atom is 0.229 e. The lowest BCUT2D eigenvalue weighted by Crippen LogP contribution is -2.12. The highest BCUT2D eigenvalue weighted by atomic mass is 32.1. The van der Waals surface area contributed by atoms with Gasteiger partial charge in [0.2, 0.25) is 5.88 Å². The van der Waals surface area contributed by atoms with Crippen LogP contribution in [0.5, 0.6) is 11.6 Å². The Labute approximate surface area is 109 Å². The van der Waals surface area contributed by atoms with Crippen LogP contribution in [-0.2, 0) is 0 Å². The predicted molar refractivity (Wildman–Crippen MR) is 71.3 cm³/mol. The van der Waals surface area contributed by atoms with E-state index in [1.54, 1.807) is 31.2 Å². The lowest BCUT2D eigenvalue weighted by atomic mass is 10.2. The zero-order chi connectivity index (χ0) is 13.1. The van der Waals surface area contributed by atoms with E-state index in [1.807, 2.05) is 0 Å². The van der Waals surface area contributed by atoms with E-state index >= 15 is 0 Å². The van der Waals surface area contributed by atoms with Crippen LogP contribution < -0.4 is 10.5 Å². The average molecular weight is 262 g/mol. The van der Waals surface area contributed by atoms with Crippen molar-refractivity contribution in [1.82, 2.24) is 4.98 Å². The normalized spacial score (nSPS) is 10.1. The van der Waals surface area contributed by atoms with Gasteiger partial charge < -0.3 is 10.5 Å². The van der Waals surface area contributed by atoms with Crippen LogP contribution in [0.2, 0.25) is 0 Å². The minimum atomic E-state index is -0.463. The molecule has 0 bridgehead atoms. The number of para-hydroxylation sites is 1. The molecule has 1 heterocycles. The third-order valence-corrected chi connectivity index (χ3v) is 2.53. The molecule has 0 unspecified atom stereocenters. The molecule has 18 heavy (non-hydrogen) atoms. The van der Waals surface area contributed by atoms with Crippen LogP contribution in [-0.4, -0.2) is 9.97 Å². The van der Waals surface area contributed by atoms with Crippen LogP contribution in [0.25, 0.3) is 0 Å². The monoisotopic (exact) mass is 262 g/mol. The number of halogens is 1. The molecular formula is C13H11FN2OS. The summed E-state index contributed by atoms with van der Waals surface area (Å²) in [6.07, 6.45) is 0. The van der Waals surface area contributed by atoms with E-state index in [-0.39, 0.29) is 16.6 Å². The summed E-state index contributed by atoms with van der Waals surface area (Å²) in [6, 6.07) is 9.56. The highest BCUT2D eigenvalue weighted by Crippen LogP contribution is 2.25. The lowest BCUT2D eigenvalue weighted by Gasteiger charge is -2.10. The Morgan fingerprint density at radius 3 is 2.67 bits per heavy atom. The van der Waals surface area contributed by atoms with Crippen molar-refractivity contribution in [3.05, 3.63) is 53.5 Å². The molecule has 92 valence electrons. The fraction of sp³-hybridized carbons (Fsp3) is 0.0769. The zero-order valence-electron chi connectivity index (χ0n) is 9.68. The molecular weight excluding hydrogens is 251 g/mol. The second-order valence-corrected chi connectivity index (χ2v) is 4.14. The number of benzene rings is 1. The van der Waals surface area contributed by atoms with E-state index in [4.69, 9.17) is 22.7 Å². The van der Waals surface area contributed by atoms with E-state index in [0.29, 0.717) is 5.56 Å². The van der Waals surface area contributed by atoms with Crippen molar-refractivity contribution >= 4 is 17.2 Å². The Hall–Kier alpha value is -2.01. The Morgan fingerprint density at radius 2 is 2.00 bits per heavy atom. The molecule has 2 N–H and O–H groups in total. The second-order valence-electron chi connectivity index (χ2n) is 3.70. The van der Waals surface area contributed by atoms with E-state index < -0.39 is 5.82 Å². The summed E-state index contributed by atoms with van der Waals surface area (Å²) in [7, 11) is 0. The number of aryl methyl sites for hydroxylation is 1. The van der Waals surface area contributed by atoms with Crippen molar-refractivity contribution in [3.63, 3.8) is 0 Å². The molecule has 1 aromatic carbocycles. The standard InChI is InChI=1S/C13H11FN2OS/c1-8-6-7-9(12(15)18)13(16-8)17-11-5-3-2-4-10(11)14/h2-7H,1H3,(H2,15,18). The van der Waals surface area contributed by atoms with Gasteiger partial charge in [-0.2, -0.15) is 0 Å². The molecule has 2 aromatic rings. The third-order valence-electron chi connectivity index (χ3n) is 2.31. The van der Waals surface area contributed by atoms with Crippen LogP contribution >= 0.6 is 12.2 Å². The van der Waals surface area contributed by atoms with Gasteiger partial charge in [-0.05, 0) is 31.2 Å². The number of rotatable bonds is 3. The van der Waals surface area contributed by atoms with Crippen molar-refractivity contribution in [3.8, 4) is 11.6 Å². The predicted octanol–water partition coefficient (Wildman–Crippen LogP) is 2.96. The summed E-state index contributed by atoms with van der Waals surface area (Å²) in [5, 5.41) is 0. The van der Waals surface area contributed by atoms with Crippen LogP contribution in [0.3, 0.4) is 0 Å². The van der Waals surface area contributed by atoms with Crippen LogP contribution in [0.4, 0.5) is 4.39 Å². The fourth-order valence-electron chi connectivity index (χ4n) is 1.43. The van der Waals surface area contributed by atoms with Gasteiger partial charge in [0.25, 0.3) is 0 Å². The van der Waals surface area contributed by atoms with Gasteiger partial charge in [-0.1, -0.05) is 24.4 Å². The smallest absolute Gasteiger partial charge is 0.229 e. The number of nitrogens with two attached hydrogens (primary N) is 1. The summed E-state index contributed by atoms with van der Waals surface area (Å²) >= 11 is 4.91. The van der Waals surface area contributed by atoms with Crippen molar-refractivity contribution in [2.45, 2.75) is 6.92 Å². The molecule has 0 aliphatic rings. The number of pyridine rings is 1. The number of hydrogen-bond acceptors (Lipinski definition) is 3. The lowest BCUT2D eigenvalue weighted by molar-refractivity contribution is 0.426. The largest absolute Gasteiger partial charge is 0.435 e. The minimum absolute atomic E-state index is 0.0908. The maximum absolute atomic E-state index is 13.5. The molecule has 3 nitrogen and oxygen atoms in total. The molecule has 0 spiro atoms. The first kappa shape index (κ1) is 12.4. The molecule has 0 amide bonds. The van der Waals surface area contributed by atoms with Gasteiger partial charge in [-0.25, -0.2) is 9.37 Å². The number of ether oxygens (including phenoxy) is 1. The number of nitrogens with zero attached hydrogens (tertiary/aromatic N) is 1. The molecule has 0 aliphatic heterocycles. The van der Waals surface area contributed by atoms with Crippen molar-refractivity contribution in [2.75, 3.05) is 0 Å². The van der Waals surface area contributed by atoms with Crippen LogP contribution in [0.15, 0.2) is 36.4 Å². The van der Waals surface area contributed by atoms with E-state index in [0.717, 1.165) is 5.69 Å². The van der Waals surface area contributed by atoms with Gasteiger partial charge in [0.15, 0.2) is 11.6 Å². The highest BCUT2D eigenvalue weighted by Gasteiger charge is 2.11. The Bertz CT molecular complexity index is 601.